The van der Waals surface area contributed by atoms with Gasteiger partial charge in [0, 0.05) is 12.1 Å². The molecule has 0 aromatic carbocycles. The van der Waals surface area contributed by atoms with Gasteiger partial charge >= 0.3 is 0 Å². The highest BCUT2D eigenvalue weighted by atomic mass is 15.2. The number of nitrogens with zero attached hydrogens (tertiary/aromatic N) is 1. The van der Waals surface area contributed by atoms with Gasteiger partial charge in [-0.25, -0.2) is 0 Å². The lowest BCUT2D eigenvalue weighted by Crippen LogP contribution is -2.45. The summed E-state index contributed by atoms with van der Waals surface area (Å²) in [5.74, 6) is 1.59. The van der Waals surface area contributed by atoms with Gasteiger partial charge in [0.25, 0.3) is 0 Å². The first-order valence-electron chi connectivity index (χ1n) is 7.36. The average molecular weight is 238 g/mol. The fourth-order valence-electron chi connectivity index (χ4n) is 4.48. The lowest BCUT2D eigenvalue weighted by atomic mass is 9.91. The summed E-state index contributed by atoms with van der Waals surface area (Å²) >= 11 is 0. The molecule has 0 bridgehead atoms. The van der Waals surface area contributed by atoms with Crippen LogP contribution in [0.2, 0.25) is 0 Å². The molecule has 17 heavy (non-hydrogen) atoms. The third-order valence-corrected chi connectivity index (χ3v) is 5.26. The zero-order valence-corrected chi connectivity index (χ0v) is 12.1. The van der Waals surface area contributed by atoms with Crippen molar-refractivity contribution in [3.63, 3.8) is 0 Å². The van der Waals surface area contributed by atoms with Crippen LogP contribution in [0.3, 0.4) is 0 Å². The van der Waals surface area contributed by atoms with Gasteiger partial charge in [-0.05, 0) is 56.5 Å². The van der Waals surface area contributed by atoms with Gasteiger partial charge in [-0.15, -0.1) is 0 Å². The zero-order valence-electron chi connectivity index (χ0n) is 12.1. The van der Waals surface area contributed by atoms with Crippen LogP contribution in [0, 0.1) is 17.3 Å². The van der Waals surface area contributed by atoms with E-state index in [1.807, 2.05) is 0 Å². The molecule has 0 amide bonds. The van der Waals surface area contributed by atoms with E-state index in [1.54, 1.807) is 0 Å². The molecule has 0 spiro atoms. The maximum atomic E-state index is 5.92. The van der Waals surface area contributed by atoms with Crippen LogP contribution >= 0.6 is 0 Å². The summed E-state index contributed by atoms with van der Waals surface area (Å²) in [6.07, 6.45) is 6.82. The predicted octanol–water partition coefficient (Wildman–Crippen LogP) is 2.87. The first kappa shape index (κ1) is 13.4. The van der Waals surface area contributed by atoms with Crippen LogP contribution in [0.1, 0.15) is 52.9 Å². The highest BCUT2D eigenvalue weighted by Crippen LogP contribution is 2.44. The topological polar surface area (TPSA) is 29.3 Å². The molecule has 2 nitrogen and oxygen atoms in total. The van der Waals surface area contributed by atoms with E-state index < -0.39 is 0 Å². The lowest BCUT2D eigenvalue weighted by molar-refractivity contribution is 0.117. The Morgan fingerprint density at radius 1 is 1.18 bits per heavy atom. The van der Waals surface area contributed by atoms with Gasteiger partial charge in [0.15, 0.2) is 0 Å². The summed E-state index contributed by atoms with van der Waals surface area (Å²) in [5.41, 5.74) is 6.46. The summed E-state index contributed by atoms with van der Waals surface area (Å²) in [6.45, 7) is 8.15. The Labute approximate surface area is 107 Å². The van der Waals surface area contributed by atoms with E-state index in [2.05, 4.69) is 32.7 Å². The molecule has 2 rings (SSSR count). The SMILES string of the molecule is CC1CC(C)(C)CC1N(C)C1CCCC1CN. The van der Waals surface area contributed by atoms with Crippen molar-refractivity contribution in [2.24, 2.45) is 23.0 Å². The Morgan fingerprint density at radius 2 is 1.88 bits per heavy atom. The number of nitrogens with two attached hydrogens (primary N) is 1. The smallest absolute Gasteiger partial charge is 0.0136 e. The monoisotopic (exact) mass is 238 g/mol. The van der Waals surface area contributed by atoms with E-state index in [0.29, 0.717) is 5.41 Å². The second-order valence-corrected chi connectivity index (χ2v) is 7.28. The summed E-state index contributed by atoms with van der Waals surface area (Å²) in [4.78, 5) is 2.68. The maximum Gasteiger partial charge on any atom is 0.0136 e. The van der Waals surface area contributed by atoms with Crippen LogP contribution in [0.5, 0.6) is 0 Å². The molecule has 0 heterocycles. The summed E-state index contributed by atoms with van der Waals surface area (Å²) in [7, 11) is 2.35. The van der Waals surface area contributed by atoms with Crippen molar-refractivity contribution in [3.05, 3.63) is 0 Å². The van der Waals surface area contributed by atoms with Gasteiger partial charge in [-0.1, -0.05) is 27.2 Å². The van der Waals surface area contributed by atoms with Gasteiger partial charge in [0.1, 0.15) is 0 Å². The fraction of sp³-hybridized carbons (Fsp3) is 1.00. The average Bonchev–Trinajstić information content (AvgIpc) is 2.81. The molecular weight excluding hydrogens is 208 g/mol. The molecule has 4 atom stereocenters. The zero-order chi connectivity index (χ0) is 12.6. The van der Waals surface area contributed by atoms with Crippen LogP contribution in [0.25, 0.3) is 0 Å². The van der Waals surface area contributed by atoms with Gasteiger partial charge in [0.2, 0.25) is 0 Å². The summed E-state index contributed by atoms with van der Waals surface area (Å²) in [6, 6.07) is 1.53. The Bertz CT molecular complexity index is 262. The van der Waals surface area contributed by atoms with Crippen molar-refractivity contribution in [2.75, 3.05) is 13.6 Å². The Balaban J connectivity index is 2.02. The van der Waals surface area contributed by atoms with Crippen molar-refractivity contribution >= 4 is 0 Å². The molecule has 2 saturated carbocycles. The van der Waals surface area contributed by atoms with Crippen LogP contribution in [0.15, 0.2) is 0 Å². The van der Waals surface area contributed by atoms with Crippen LogP contribution in [-0.2, 0) is 0 Å². The van der Waals surface area contributed by atoms with Crippen molar-refractivity contribution in [2.45, 2.75) is 65.0 Å². The number of rotatable bonds is 3. The highest BCUT2D eigenvalue weighted by Gasteiger charge is 2.42. The van der Waals surface area contributed by atoms with E-state index in [1.165, 1.54) is 32.1 Å². The molecule has 2 fully saturated rings. The van der Waals surface area contributed by atoms with E-state index >= 15 is 0 Å². The van der Waals surface area contributed by atoms with Crippen LogP contribution < -0.4 is 5.73 Å². The second kappa shape index (κ2) is 4.89. The summed E-state index contributed by atoms with van der Waals surface area (Å²) < 4.78 is 0. The van der Waals surface area contributed by atoms with Gasteiger partial charge in [0.05, 0.1) is 0 Å². The first-order chi connectivity index (χ1) is 7.94. The number of hydrogen-bond acceptors (Lipinski definition) is 2. The minimum absolute atomic E-state index is 0.537. The molecule has 2 aliphatic carbocycles. The second-order valence-electron chi connectivity index (χ2n) is 7.28. The minimum Gasteiger partial charge on any atom is -0.330 e. The van der Waals surface area contributed by atoms with Crippen molar-refractivity contribution in [1.29, 1.82) is 0 Å². The van der Waals surface area contributed by atoms with E-state index in [-0.39, 0.29) is 0 Å². The molecule has 0 aromatic heterocycles. The van der Waals surface area contributed by atoms with Gasteiger partial charge < -0.3 is 5.73 Å². The standard InChI is InChI=1S/C15H30N2/c1-11-8-15(2,3)9-14(11)17(4)13-7-5-6-12(13)10-16/h11-14H,5-10,16H2,1-4H3. The Kier molecular flexibility index (Phi) is 3.84. The largest absolute Gasteiger partial charge is 0.330 e. The lowest BCUT2D eigenvalue weighted by Gasteiger charge is -2.36. The molecule has 0 saturated heterocycles. The maximum absolute atomic E-state index is 5.92. The van der Waals surface area contributed by atoms with Crippen LogP contribution in [0.4, 0.5) is 0 Å². The van der Waals surface area contributed by atoms with Crippen LogP contribution in [-0.4, -0.2) is 30.6 Å². The van der Waals surface area contributed by atoms with E-state index in [0.717, 1.165) is 30.5 Å². The Hall–Kier alpha value is -0.0800. The van der Waals surface area contributed by atoms with Gasteiger partial charge in [-0.3, -0.25) is 4.90 Å². The highest BCUT2D eigenvalue weighted by molar-refractivity contribution is 4.96. The van der Waals surface area contributed by atoms with Crippen molar-refractivity contribution in [1.82, 2.24) is 4.90 Å². The van der Waals surface area contributed by atoms with Crippen molar-refractivity contribution < 1.29 is 0 Å². The molecular formula is C15H30N2. The minimum atomic E-state index is 0.537. The number of hydrogen-bond donors (Lipinski definition) is 1. The first-order valence-corrected chi connectivity index (χ1v) is 7.36. The fourth-order valence-corrected chi connectivity index (χ4v) is 4.48. The molecule has 0 aliphatic heterocycles. The van der Waals surface area contributed by atoms with Crippen molar-refractivity contribution in [3.8, 4) is 0 Å². The molecule has 2 aliphatic rings. The third kappa shape index (κ3) is 2.68. The van der Waals surface area contributed by atoms with E-state index in [4.69, 9.17) is 5.73 Å². The Morgan fingerprint density at radius 3 is 2.41 bits per heavy atom. The predicted molar refractivity (Wildman–Crippen MR) is 73.9 cm³/mol. The van der Waals surface area contributed by atoms with Gasteiger partial charge in [-0.2, -0.15) is 0 Å². The van der Waals surface area contributed by atoms with E-state index in [9.17, 15) is 0 Å². The normalized spacial score (nSPS) is 41.3. The molecule has 0 aromatic rings. The quantitative estimate of drug-likeness (QED) is 0.819. The third-order valence-electron chi connectivity index (χ3n) is 5.26. The summed E-state index contributed by atoms with van der Waals surface area (Å²) in [5, 5.41) is 0. The molecule has 2 N–H and O–H groups in total. The molecule has 100 valence electrons. The molecule has 4 unspecified atom stereocenters. The molecule has 0 radical (unpaired) electrons. The molecule has 2 heteroatoms.